The molecule has 2 aliphatic rings. The summed E-state index contributed by atoms with van der Waals surface area (Å²) in [6.45, 7) is 6.12. The van der Waals surface area contributed by atoms with Gasteiger partial charge in [-0.05, 0) is 49.6 Å². The number of benzene rings is 2. The van der Waals surface area contributed by atoms with Gasteiger partial charge in [-0.3, -0.25) is 9.69 Å². The van der Waals surface area contributed by atoms with Crippen molar-refractivity contribution in [2.24, 2.45) is 5.92 Å². The smallest absolute Gasteiger partial charge is 0.226 e. The van der Waals surface area contributed by atoms with E-state index in [4.69, 9.17) is 9.84 Å². The highest BCUT2D eigenvalue weighted by Crippen LogP contribution is 2.30. The summed E-state index contributed by atoms with van der Waals surface area (Å²) in [5.74, 6) is 1.37. The first-order chi connectivity index (χ1) is 17.7. The molecule has 0 unspecified atom stereocenters. The van der Waals surface area contributed by atoms with Gasteiger partial charge in [0.05, 0.1) is 30.7 Å². The number of para-hydroxylation sites is 1. The fourth-order valence-electron chi connectivity index (χ4n) is 5.71. The number of carbonyl (C=O) groups excluding carboxylic acids is 1. The third-order valence-corrected chi connectivity index (χ3v) is 7.77. The van der Waals surface area contributed by atoms with Crippen LogP contribution in [0.3, 0.4) is 0 Å². The fourth-order valence-corrected chi connectivity index (χ4v) is 5.71. The highest BCUT2D eigenvalue weighted by molar-refractivity contribution is 5.78. The summed E-state index contributed by atoms with van der Waals surface area (Å²) in [6.07, 6.45) is 6.60. The van der Waals surface area contributed by atoms with E-state index >= 15 is 0 Å². The minimum Gasteiger partial charge on any atom is -0.497 e. The van der Waals surface area contributed by atoms with Crippen molar-refractivity contribution in [3.63, 3.8) is 0 Å². The first-order valence-corrected chi connectivity index (χ1v) is 13.5. The predicted molar refractivity (Wildman–Crippen MR) is 142 cm³/mol. The molecule has 1 aromatic heterocycles. The Bertz CT molecular complexity index is 1150. The van der Waals surface area contributed by atoms with Crippen LogP contribution < -0.4 is 4.74 Å². The van der Waals surface area contributed by atoms with Crippen LogP contribution in [0.5, 0.6) is 5.75 Å². The maximum atomic E-state index is 13.4. The normalized spacial score (nSPS) is 16.5. The van der Waals surface area contributed by atoms with Gasteiger partial charge < -0.3 is 9.64 Å². The maximum Gasteiger partial charge on any atom is 0.226 e. The van der Waals surface area contributed by atoms with E-state index in [2.05, 4.69) is 52.9 Å². The summed E-state index contributed by atoms with van der Waals surface area (Å²) >= 11 is 0. The lowest BCUT2D eigenvalue weighted by atomic mass is 9.88. The first kappa shape index (κ1) is 24.6. The second-order valence-corrected chi connectivity index (χ2v) is 10.1. The van der Waals surface area contributed by atoms with Gasteiger partial charge in [-0.1, -0.05) is 49.6 Å². The quantitative estimate of drug-likeness (QED) is 0.430. The number of carbonyl (C=O) groups is 1. The van der Waals surface area contributed by atoms with E-state index < -0.39 is 0 Å². The summed E-state index contributed by atoms with van der Waals surface area (Å²) in [5.41, 5.74) is 5.97. The lowest BCUT2D eigenvalue weighted by Gasteiger charge is -2.30. The molecule has 1 aliphatic carbocycles. The highest BCUT2D eigenvalue weighted by atomic mass is 16.5. The number of nitrogens with zero attached hydrogens (tertiary/aromatic N) is 4. The summed E-state index contributed by atoms with van der Waals surface area (Å²) in [5, 5.41) is 5.12. The molecule has 0 bridgehead atoms. The molecule has 0 spiro atoms. The SMILES string of the molecule is CCN(Cc1nn(-c2ccccc2)c2c1CN(Cc1ccc(OC)cc1)CC2)C(=O)C1CCCCC1. The minimum atomic E-state index is 0.178. The highest BCUT2D eigenvalue weighted by Gasteiger charge is 2.30. The molecule has 1 aliphatic heterocycles. The van der Waals surface area contributed by atoms with Crippen molar-refractivity contribution >= 4 is 5.91 Å². The van der Waals surface area contributed by atoms with Crippen molar-refractivity contribution in [1.82, 2.24) is 19.6 Å². The van der Waals surface area contributed by atoms with Gasteiger partial charge >= 0.3 is 0 Å². The zero-order valence-electron chi connectivity index (χ0n) is 21.7. The molecule has 2 heterocycles. The summed E-state index contributed by atoms with van der Waals surface area (Å²) in [6, 6.07) is 18.7. The van der Waals surface area contributed by atoms with Crippen molar-refractivity contribution in [1.29, 1.82) is 0 Å². The van der Waals surface area contributed by atoms with Gasteiger partial charge in [0.15, 0.2) is 0 Å². The number of amides is 1. The minimum absolute atomic E-state index is 0.178. The van der Waals surface area contributed by atoms with Crippen LogP contribution in [0.1, 0.15) is 61.5 Å². The molecule has 6 heteroatoms. The molecule has 1 amide bonds. The van der Waals surface area contributed by atoms with Gasteiger partial charge in [-0.2, -0.15) is 5.10 Å². The summed E-state index contributed by atoms with van der Waals surface area (Å²) < 4.78 is 7.44. The van der Waals surface area contributed by atoms with E-state index in [0.29, 0.717) is 12.5 Å². The van der Waals surface area contributed by atoms with Gasteiger partial charge in [0, 0.05) is 44.1 Å². The average Bonchev–Trinajstić information content (AvgIpc) is 3.30. The second-order valence-electron chi connectivity index (χ2n) is 10.1. The van der Waals surface area contributed by atoms with E-state index in [-0.39, 0.29) is 5.92 Å². The molecule has 1 fully saturated rings. The lowest BCUT2D eigenvalue weighted by Crippen LogP contribution is -2.37. The van der Waals surface area contributed by atoms with E-state index in [0.717, 1.165) is 62.6 Å². The monoisotopic (exact) mass is 486 g/mol. The van der Waals surface area contributed by atoms with E-state index in [1.54, 1.807) is 7.11 Å². The van der Waals surface area contributed by atoms with Gasteiger partial charge in [-0.25, -0.2) is 4.68 Å². The molecule has 6 nitrogen and oxygen atoms in total. The molecule has 2 aromatic carbocycles. The number of methoxy groups -OCH3 is 1. The van der Waals surface area contributed by atoms with Crippen LogP contribution in [-0.2, 0) is 30.8 Å². The molecule has 0 N–H and O–H groups in total. The van der Waals surface area contributed by atoms with Crippen LogP contribution in [0, 0.1) is 5.92 Å². The Hall–Kier alpha value is -3.12. The van der Waals surface area contributed by atoms with Crippen LogP contribution in [0.25, 0.3) is 5.69 Å². The number of rotatable bonds is 8. The molecule has 36 heavy (non-hydrogen) atoms. The lowest BCUT2D eigenvalue weighted by molar-refractivity contribution is -0.137. The summed E-state index contributed by atoms with van der Waals surface area (Å²) in [4.78, 5) is 17.9. The average molecular weight is 487 g/mol. The Labute approximate surface area is 214 Å². The Kier molecular flexibility index (Phi) is 7.71. The van der Waals surface area contributed by atoms with Crippen molar-refractivity contribution in [2.45, 2.75) is 65.1 Å². The Morgan fingerprint density at radius 2 is 1.81 bits per heavy atom. The largest absolute Gasteiger partial charge is 0.497 e. The molecule has 5 rings (SSSR count). The van der Waals surface area contributed by atoms with Gasteiger partial charge in [0.25, 0.3) is 0 Å². The van der Waals surface area contributed by atoms with Crippen molar-refractivity contribution in [3.05, 3.63) is 77.1 Å². The van der Waals surface area contributed by atoms with Crippen LogP contribution in [0.2, 0.25) is 0 Å². The van der Waals surface area contributed by atoms with Crippen LogP contribution in [0.15, 0.2) is 54.6 Å². The topological polar surface area (TPSA) is 50.6 Å². The zero-order valence-corrected chi connectivity index (χ0v) is 21.7. The Balaban J connectivity index is 1.41. The number of hydrogen-bond acceptors (Lipinski definition) is 4. The number of hydrogen-bond donors (Lipinski definition) is 0. The molecule has 0 atom stereocenters. The van der Waals surface area contributed by atoms with Gasteiger partial charge in [0.2, 0.25) is 5.91 Å². The maximum absolute atomic E-state index is 13.4. The molecule has 0 saturated heterocycles. The van der Waals surface area contributed by atoms with Crippen molar-refractivity contribution < 1.29 is 9.53 Å². The standard InChI is InChI=1S/C30H38N4O2/c1-3-33(30(35)24-10-6-4-7-11-24)22-28-27-21-32(20-23-14-16-26(36-2)17-15-23)19-18-29(27)34(31-28)25-12-8-5-9-13-25/h5,8-9,12-17,24H,3-4,6-7,10-11,18-22H2,1-2H3. The molecule has 0 radical (unpaired) electrons. The van der Waals surface area contributed by atoms with E-state index in [9.17, 15) is 4.79 Å². The second kappa shape index (κ2) is 11.3. The van der Waals surface area contributed by atoms with Gasteiger partial charge in [-0.15, -0.1) is 0 Å². The predicted octanol–water partition coefficient (Wildman–Crippen LogP) is 5.37. The Morgan fingerprint density at radius 1 is 1.06 bits per heavy atom. The molecule has 3 aromatic rings. The zero-order chi connectivity index (χ0) is 24.9. The third kappa shape index (κ3) is 5.34. The van der Waals surface area contributed by atoms with E-state index in [1.807, 2.05) is 23.1 Å². The number of fused-ring (bicyclic) bond motifs is 1. The number of aromatic nitrogens is 2. The fraction of sp³-hybridized carbons (Fsp3) is 0.467. The molecular weight excluding hydrogens is 448 g/mol. The first-order valence-electron chi connectivity index (χ1n) is 13.5. The van der Waals surface area contributed by atoms with Crippen LogP contribution >= 0.6 is 0 Å². The molecular formula is C30H38N4O2. The van der Waals surface area contributed by atoms with Crippen molar-refractivity contribution in [2.75, 3.05) is 20.2 Å². The van der Waals surface area contributed by atoms with Crippen LogP contribution in [0.4, 0.5) is 0 Å². The van der Waals surface area contributed by atoms with Crippen molar-refractivity contribution in [3.8, 4) is 11.4 Å². The molecule has 1 saturated carbocycles. The van der Waals surface area contributed by atoms with Crippen LogP contribution in [-0.4, -0.2) is 45.7 Å². The number of ether oxygens (including phenoxy) is 1. The van der Waals surface area contributed by atoms with E-state index in [1.165, 1.54) is 36.1 Å². The van der Waals surface area contributed by atoms with Gasteiger partial charge in [0.1, 0.15) is 5.75 Å². The third-order valence-electron chi connectivity index (χ3n) is 7.77. The summed E-state index contributed by atoms with van der Waals surface area (Å²) in [7, 11) is 1.70. The Morgan fingerprint density at radius 3 is 2.50 bits per heavy atom. The molecule has 190 valence electrons.